The van der Waals surface area contributed by atoms with Gasteiger partial charge in [-0.05, 0) is 36.8 Å². The fraction of sp³-hybridized carbons (Fsp3) is 0.0909. The number of hydrogen-bond donors (Lipinski definition) is 2. The lowest BCUT2D eigenvalue weighted by Crippen LogP contribution is -2.18. The van der Waals surface area contributed by atoms with Crippen molar-refractivity contribution in [3.63, 3.8) is 0 Å². The van der Waals surface area contributed by atoms with Crippen LogP contribution in [0.15, 0.2) is 60.8 Å². The third-order valence-electron chi connectivity index (χ3n) is 4.79. The minimum Gasteiger partial charge on any atom is -0.364 e. The Morgan fingerprint density at radius 3 is 2.70 bits per heavy atom. The number of nitrogens with two attached hydrogens (primary N) is 1. The molecule has 0 atom stereocenters. The molecule has 2 aromatic carbocycles. The highest BCUT2D eigenvalue weighted by molar-refractivity contribution is 6.13. The Morgan fingerprint density at radius 2 is 1.93 bits per heavy atom. The van der Waals surface area contributed by atoms with E-state index in [4.69, 9.17) is 5.73 Å². The number of halogens is 1. The van der Waals surface area contributed by atoms with E-state index in [1.807, 2.05) is 0 Å². The average molecular weight is 403 g/mol. The Labute approximate surface area is 171 Å². The maximum atomic E-state index is 13.4. The van der Waals surface area contributed by atoms with Gasteiger partial charge in [-0.2, -0.15) is 5.10 Å². The van der Waals surface area contributed by atoms with Crippen molar-refractivity contribution in [2.45, 2.75) is 13.5 Å². The van der Waals surface area contributed by atoms with Crippen LogP contribution in [-0.2, 0) is 6.54 Å². The van der Waals surface area contributed by atoms with Gasteiger partial charge in [0.2, 0.25) is 0 Å². The first-order chi connectivity index (χ1) is 14.4. The quantitative estimate of drug-likeness (QED) is 0.534. The first-order valence-electron chi connectivity index (χ1n) is 9.20. The summed E-state index contributed by atoms with van der Waals surface area (Å²) in [7, 11) is 0. The molecular formula is C22H18FN5O2. The third kappa shape index (κ3) is 3.75. The second-order valence-electron chi connectivity index (χ2n) is 6.82. The van der Waals surface area contributed by atoms with Gasteiger partial charge in [-0.1, -0.05) is 30.3 Å². The molecule has 0 bridgehead atoms. The molecule has 2 aromatic heterocycles. The molecule has 4 rings (SSSR count). The molecule has 8 heteroatoms. The zero-order chi connectivity index (χ0) is 21.3. The molecule has 0 aliphatic rings. The van der Waals surface area contributed by atoms with Crippen LogP contribution in [0.1, 0.15) is 32.1 Å². The van der Waals surface area contributed by atoms with Crippen molar-refractivity contribution in [1.29, 1.82) is 0 Å². The number of hydrogen-bond acceptors (Lipinski definition) is 4. The molecule has 0 unspecified atom stereocenters. The topological polar surface area (TPSA) is 103 Å². The number of nitrogens with zero attached hydrogens (tertiary/aromatic N) is 3. The van der Waals surface area contributed by atoms with Crippen LogP contribution in [0, 0.1) is 12.7 Å². The second kappa shape index (κ2) is 7.75. The number of para-hydroxylation sites is 1. The van der Waals surface area contributed by atoms with Crippen LogP contribution in [0.5, 0.6) is 0 Å². The van der Waals surface area contributed by atoms with E-state index in [1.165, 1.54) is 24.4 Å². The van der Waals surface area contributed by atoms with Crippen LogP contribution in [0.4, 0.5) is 10.1 Å². The number of fused-ring (bicyclic) bond motifs is 1. The lowest BCUT2D eigenvalue weighted by Gasteiger charge is -2.10. The summed E-state index contributed by atoms with van der Waals surface area (Å²) in [5.41, 5.74) is 8.13. The van der Waals surface area contributed by atoms with E-state index in [-0.39, 0.29) is 17.1 Å². The maximum absolute atomic E-state index is 13.4. The highest BCUT2D eigenvalue weighted by Crippen LogP contribution is 2.22. The van der Waals surface area contributed by atoms with Crippen LogP contribution in [0.25, 0.3) is 10.9 Å². The Hall–Kier alpha value is -4.07. The lowest BCUT2D eigenvalue weighted by atomic mass is 10.1. The molecule has 0 saturated carbocycles. The van der Waals surface area contributed by atoms with Crippen LogP contribution in [0.2, 0.25) is 0 Å². The number of primary amides is 1. The van der Waals surface area contributed by atoms with E-state index in [0.29, 0.717) is 28.8 Å². The fourth-order valence-corrected chi connectivity index (χ4v) is 3.22. The number of amides is 2. The average Bonchev–Trinajstić information content (AvgIpc) is 3.06. The monoisotopic (exact) mass is 403 g/mol. The molecule has 7 nitrogen and oxygen atoms in total. The summed E-state index contributed by atoms with van der Waals surface area (Å²) < 4.78 is 15.1. The van der Waals surface area contributed by atoms with Gasteiger partial charge in [0.25, 0.3) is 11.8 Å². The molecule has 0 radical (unpaired) electrons. The summed E-state index contributed by atoms with van der Waals surface area (Å²) in [6.45, 7) is 2.17. The van der Waals surface area contributed by atoms with E-state index in [1.54, 1.807) is 48.0 Å². The summed E-state index contributed by atoms with van der Waals surface area (Å²) in [5, 5.41) is 7.72. The predicted octanol–water partition coefficient (Wildman–Crippen LogP) is 3.28. The molecule has 3 N–H and O–H groups in total. The molecule has 0 aliphatic carbocycles. The summed E-state index contributed by atoms with van der Waals surface area (Å²) in [5.74, 6) is -1.45. The molecular weight excluding hydrogens is 385 g/mol. The third-order valence-corrected chi connectivity index (χ3v) is 4.79. The van der Waals surface area contributed by atoms with Crippen molar-refractivity contribution in [3.05, 3.63) is 89.1 Å². The van der Waals surface area contributed by atoms with E-state index in [2.05, 4.69) is 15.4 Å². The van der Waals surface area contributed by atoms with Crippen LogP contribution < -0.4 is 11.1 Å². The van der Waals surface area contributed by atoms with Crippen LogP contribution >= 0.6 is 0 Å². The van der Waals surface area contributed by atoms with Crippen molar-refractivity contribution in [1.82, 2.24) is 14.8 Å². The Kier molecular flexibility index (Phi) is 4.97. The van der Waals surface area contributed by atoms with Crippen molar-refractivity contribution in [2.24, 2.45) is 5.73 Å². The summed E-state index contributed by atoms with van der Waals surface area (Å²) >= 11 is 0. The number of anilines is 1. The van der Waals surface area contributed by atoms with Crippen LogP contribution in [0.3, 0.4) is 0 Å². The predicted molar refractivity (Wildman–Crippen MR) is 111 cm³/mol. The Morgan fingerprint density at radius 1 is 1.13 bits per heavy atom. The van der Waals surface area contributed by atoms with Gasteiger partial charge in [-0.3, -0.25) is 14.3 Å². The minimum absolute atomic E-state index is 0.0115. The van der Waals surface area contributed by atoms with E-state index >= 15 is 0 Å². The highest BCUT2D eigenvalue weighted by atomic mass is 19.1. The molecule has 0 fully saturated rings. The molecule has 0 aliphatic heterocycles. The standard InChI is InChI=1S/C22H18FN5O2/c1-13-20(11-25-28(13)12-14-5-4-6-15(23)9-14)27-22(30)17-10-19(21(24)29)26-18-8-3-2-7-16(17)18/h2-11H,12H2,1H3,(H2,24,29)(H,27,30). The number of pyridine rings is 1. The number of carbonyl (C=O) groups is 2. The molecule has 30 heavy (non-hydrogen) atoms. The van der Waals surface area contributed by atoms with Gasteiger partial charge in [0.15, 0.2) is 0 Å². The van der Waals surface area contributed by atoms with Gasteiger partial charge in [-0.25, -0.2) is 9.37 Å². The van der Waals surface area contributed by atoms with E-state index in [0.717, 1.165) is 5.56 Å². The lowest BCUT2D eigenvalue weighted by molar-refractivity contribution is 0.0996. The number of rotatable bonds is 5. The largest absolute Gasteiger partial charge is 0.364 e. The SMILES string of the molecule is Cc1c(NC(=O)c2cc(C(N)=O)nc3ccccc23)cnn1Cc1cccc(F)c1. The molecule has 2 amide bonds. The first-order valence-corrected chi connectivity index (χ1v) is 9.20. The number of benzene rings is 2. The van der Waals surface area contributed by atoms with Gasteiger partial charge in [-0.15, -0.1) is 0 Å². The number of carbonyl (C=O) groups excluding carboxylic acids is 2. The van der Waals surface area contributed by atoms with Crippen molar-refractivity contribution < 1.29 is 14.0 Å². The zero-order valence-corrected chi connectivity index (χ0v) is 16.1. The van der Waals surface area contributed by atoms with Gasteiger partial charge < -0.3 is 11.1 Å². The molecule has 4 aromatic rings. The maximum Gasteiger partial charge on any atom is 0.267 e. The van der Waals surface area contributed by atoms with E-state index in [9.17, 15) is 14.0 Å². The van der Waals surface area contributed by atoms with E-state index < -0.39 is 11.8 Å². The van der Waals surface area contributed by atoms with Gasteiger partial charge >= 0.3 is 0 Å². The smallest absolute Gasteiger partial charge is 0.267 e. The highest BCUT2D eigenvalue weighted by Gasteiger charge is 2.17. The summed E-state index contributed by atoms with van der Waals surface area (Å²) in [6.07, 6.45) is 1.53. The number of nitrogens with one attached hydrogen (secondary N) is 1. The molecule has 150 valence electrons. The van der Waals surface area contributed by atoms with Gasteiger partial charge in [0.05, 0.1) is 35.2 Å². The Balaban J connectivity index is 1.63. The van der Waals surface area contributed by atoms with Gasteiger partial charge in [0.1, 0.15) is 11.5 Å². The Bertz CT molecular complexity index is 1280. The van der Waals surface area contributed by atoms with Crippen LogP contribution in [-0.4, -0.2) is 26.6 Å². The van der Waals surface area contributed by atoms with Crippen molar-refractivity contribution in [3.8, 4) is 0 Å². The summed E-state index contributed by atoms with van der Waals surface area (Å²) in [4.78, 5) is 28.8. The molecule has 0 saturated heterocycles. The molecule has 2 heterocycles. The zero-order valence-electron chi connectivity index (χ0n) is 16.1. The summed E-state index contributed by atoms with van der Waals surface area (Å²) in [6, 6.07) is 14.7. The molecule has 0 spiro atoms. The van der Waals surface area contributed by atoms with Crippen molar-refractivity contribution in [2.75, 3.05) is 5.32 Å². The fourth-order valence-electron chi connectivity index (χ4n) is 3.22. The normalized spacial score (nSPS) is 10.9. The second-order valence-corrected chi connectivity index (χ2v) is 6.82. The van der Waals surface area contributed by atoms with Crippen molar-refractivity contribution >= 4 is 28.4 Å². The van der Waals surface area contributed by atoms with Gasteiger partial charge in [0, 0.05) is 5.39 Å². The number of aromatic nitrogens is 3. The first kappa shape index (κ1) is 19.3. The minimum atomic E-state index is -0.714.